The molecule has 1 aliphatic heterocycles. The predicted octanol–water partition coefficient (Wildman–Crippen LogP) is 3.22. The minimum atomic E-state index is -0.796. The smallest absolute Gasteiger partial charge is 0.308 e. The molecular weight excluding hydrogens is 294 g/mol. The van der Waals surface area contributed by atoms with E-state index in [9.17, 15) is 4.79 Å². The van der Waals surface area contributed by atoms with Crippen LogP contribution in [0.3, 0.4) is 0 Å². The molecular formula is C14H15NO3S2. The lowest BCUT2D eigenvalue weighted by Gasteiger charge is -2.05. The monoisotopic (exact) mass is 309 g/mol. The maximum atomic E-state index is 10.7. The van der Waals surface area contributed by atoms with E-state index < -0.39 is 5.97 Å². The van der Waals surface area contributed by atoms with Crippen molar-refractivity contribution in [3.05, 3.63) is 27.4 Å². The van der Waals surface area contributed by atoms with Crippen molar-refractivity contribution >= 4 is 28.6 Å². The van der Waals surface area contributed by atoms with Crippen LogP contribution in [0.5, 0.6) is 0 Å². The molecule has 0 aliphatic carbocycles. The van der Waals surface area contributed by atoms with Crippen LogP contribution < -0.4 is 0 Å². The zero-order valence-corrected chi connectivity index (χ0v) is 12.5. The summed E-state index contributed by atoms with van der Waals surface area (Å²) in [6.07, 6.45) is 3.55. The average Bonchev–Trinajstić information content (AvgIpc) is 3.09. The van der Waals surface area contributed by atoms with E-state index in [1.807, 2.05) is 17.5 Å². The van der Waals surface area contributed by atoms with E-state index in [0.717, 1.165) is 46.3 Å². The third-order valence-electron chi connectivity index (χ3n) is 3.22. The maximum Gasteiger partial charge on any atom is 0.308 e. The molecule has 1 fully saturated rings. The number of aliphatic carboxylic acids is 1. The van der Waals surface area contributed by atoms with Crippen molar-refractivity contribution in [1.29, 1.82) is 0 Å². The summed E-state index contributed by atoms with van der Waals surface area (Å²) >= 11 is 3.16. The summed E-state index contributed by atoms with van der Waals surface area (Å²) in [6.45, 7) is 0.867. The van der Waals surface area contributed by atoms with Crippen molar-refractivity contribution in [3.8, 4) is 10.6 Å². The lowest BCUT2D eigenvalue weighted by Crippen LogP contribution is -2.08. The van der Waals surface area contributed by atoms with Gasteiger partial charge in [-0.3, -0.25) is 4.79 Å². The maximum absolute atomic E-state index is 10.7. The first-order valence-electron chi connectivity index (χ1n) is 6.57. The molecule has 1 unspecified atom stereocenters. The predicted molar refractivity (Wildman–Crippen MR) is 79.4 cm³/mol. The number of rotatable bonds is 5. The average molecular weight is 309 g/mol. The Kier molecular flexibility index (Phi) is 4.14. The third-order valence-corrected chi connectivity index (χ3v) is 5.20. The SMILES string of the molecule is O=C(O)Cc1ccc(-c2csc(CC3CCCO3)n2)s1. The van der Waals surface area contributed by atoms with E-state index >= 15 is 0 Å². The van der Waals surface area contributed by atoms with Crippen molar-refractivity contribution in [2.24, 2.45) is 0 Å². The van der Waals surface area contributed by atoms with Crippen LogP contribution in [0.25, 0.3) is 10.6 Å². The fraction of sp³-hybridized carbons (Fsp3) is 0.429. The number of thiazole rings is 1. The topological polar surface area (TPSA) is 59.4 Å². The standard InChI is InChI=1S/C14H15NO3S2/c16-14(17)7-10-3-4-12(20-10)11-8-19-13(15-11)6-9-2-1-5-18-9/h3-4,8-9H,1-2,5-7H2,(H,16,17). The normalized spacial score (nSPS) is 18.5. The van der Waals surface area contributed by atoms with Gasteiger partial charge in [-0.05, 0) is 25.0 Å². The molecule has 2 aromatic heterocycles. The summed E-state index contributed by atoms with van der Waals surface area (Å²) in [5.41, 5.74) is 0.949. The first-order chi connectivity index (χ1) is 9.70. The molecule has 20 heavy (non-hydrogen) atoms. The molecule has 106 valence electrons. The van der Waals surface area contributed by atoms with Crippen LogP contribution in [-0.4, -0.2) is 28.8 Å². The van der Waals surface area contributed by atoms with Gasteiger partial charge >= 0.3 is 5.97 Å². The summed E-state index contributed by atoms with van der Waals surface area (Å²) in [5, 5.41) is 11.9. The Morgan fingerprint density at radius 1 is 1.50 bits per heavy atom. The highest BCUT2D eigenvalue weighted by molar-refractivity contribution is 7.16. The Hall–Kier alpha value is -1.24. The summed E-state index contributed by atoms with van der Waals surface area (Å²) < 4.78 is 5.62. The molecule has 0 spiro atoms. The van der Waals surface area contributed by atoms with Gasteiger partial charge in [-0.25, -0.2) is 4.98 Å². The first kappa shape index (κ1) is 13.7. The van der Waals surface area contributed by atoms with Crippen molar-refractivity contribution in [2.45, 2.75) is 31.8 Å². The molecule has 4 nitrogen and oxygen atoms in total. The molecule has 2 aromatic rings. The summed E-state index contributed by atoms with van der Waals surface area (Å²) in [5.74, 6) is -0.796. The van der Waals surface area contributed by atoms with Crippen molar-refractivity contribution in [3.63, 3.8) is 0 Å². The number of carboxylic acids is 1. The second-order valence-electron chi connectivity index (χ2n) is 4.80. The molecule has 1 saturated heterocycles. The van der Waals surface area contributed by atoms with Gasteiger partial charge in [-0.15, -0.1) is 22.7 Å². The lowest BCUT2D eigenvalue weighted by atomic mass is 10.2. The highest BCUT2D eigenvalue weighted by atomic mass is 32.1. The van der Waals surface area contributed by atoms with Crippen LogP contribution in [0.15, 0.2) is 17.5 Å². The lowest BCUT2D eigenvalue weighted by molar-refractivity contribution is -0.136. The number of carbonyl (C=O) groups is 1. The van der Waals surface area contributed by atoms with Gasteiger partial charge in [-0.2, -0.15) is 0 Å². The van der Waals surface area contributed by atoms with Gasteiger partial charge in [-0.1, -0.05) is 0 Å². The van der Waals surface area contributed by atoms with E-state index in [-0.39, 0.29) is 6.42 Å². The van der Waals surface area contributed by atoms with Crippen molar-refractivity contribution < 1.29 is 14.6 Å². The van der Waals surface area contributed by atoms with Crippen LogP contribution in [0.2, 0.25) is 0 Å². The number of thiophene rings is 1. The highest BCUT2D eigenvalue weighted by Crippen LogP contribution is 2.30. The van der Waals surface area contributed by atoms with Gasteiger partial charge in [0.2, 0.25) is 0 Å². The summed E-state index contributed by atoms with van der Waals surface area (Å²) in [6, 6.07) is 3.82. The van der Waals surface area contributed by atoms with Gasteiger partial charge in [0.05, 0.1) is 28.1 Å². The molecule has 0 amide bonds. The zero-order chi connectivity index (χ0) is 13.9. The van der Waals surface area contributed by atoms with Crippen LogP contribution in [0.1, 0.15) is 22.7 Å². The zero-order valence-electron chi connectivity index (χ0n) is 10.9. The molecule has 0 bridgehead atoms. The Morgan fingerprint density at radius 3 is 3.15 bits per heavy atom. The summed E-state index contributed by atoms with van der Waals surface area (Å²) in [7, 11) is 0. The molecule has 0 aromatic carbocycles. The summed E-state index contributed by atoms with van der Waals surface area (Å²) in [4.78, 5) is 17.2. The molecule has 6 heteroatoms. The van der Waals surface area contributed by atoms with Crippen LogP contribution in [0.4, 0.5) is 0 Å². The number of ether oxygens (including phenoxy) is 1. The highest BCUT2D eigenvalue weighted by Gasteiger charge is 2.18. The second-order valence-corrected chi connectivity index (χ2v) is 6.91. The number of aromatic nitrogens is 1. The molecule has 1 N–H and O–H groups in total. The molecule has 0 radical (unpaired) electrons. The fourth-order valence-electron chi connectivity index (χ4n) is 2.28. The van der Waals surface area contributed by atoms with E-state index in [0.29, 0.717) is 6.10 Å². The number of hydrogen-bond acceptors (Lipinski definition) is 5. The molecule has 1 aliphatic rings. The second kappa shape index (κ2) is 6.03. The van der Waals surface area contributed by atoms with Gasteiger partial charge in [0.1, 0.15) is 0 Å². The van der Waals surface area contributed by atoms with Gasteiger partial charge < -0.3 is 9.84 Å². The first-order valence-corrected chi connectivity index (χ1v) is 8.27. The van der Waals surface area contributed by atoms with Gasteiger partial charge in [0.15, 0.2) is 0 Å². The molecule has 3 rings (SSSR count). The van der Waals surface area contributed by atoms with Crippen LogP contribution in [-0.2, 0) is 22.4 Å². The molecule has 3 heterocycles. The third kappa shape index (κ3) is 3.26. The van der Waals surface area contributed by atoms with Gasteiger partial charge in [0, 0.05) is 23.3 Å². The molecule has 1 atom stereocenters. The molecule has 0 saturated carbocycles. The Morgan fingerprint density at radius 2 is 2.40 bits per heavy atom. The van der Waals surface area contributed by atoms with Crippen molar-refractivity contribution in [1.82, 2.24) is 4.98 Å². The number of hydrogen-bond donors (Lipinski definition) is 1. The largest absolute Gasteiger partial charge is 0.481 e. The number of nitrogens with zero attached hydrogens (tertiary/aromatic N) is 1. The quantitative estimate of drug-likeness (QED) is 0.921. The number of carboxylic acid groups (broad SMARTS) is 1. The van der Waals surface area contributed by atoms with Crippen molar-refractivity contribution in [2.75, 3.05) is 6.61 Å². The minimum absolute atomic E-state index is 0.0809. The Bertz CT molecular complexity index is 599. The van der Waals surface area contributed by atoms with Gasteiger partial charge in [0.25, 0.3) is 0 Å². The minimum Gasteiger partial charge on any atom is -0.481 e. The Labute approximate surface area is 125 Å². The van der Waals surface area contributed by atoms with E-state index in [4.69, 9.17) is 9.84 Å². The van der Waals surface area contributed by atoms with E-state index in [1.165, 1.54) is 11.3 Å². The van der Waals surface area contributed by atoms with Crippen LogP contribution >= 0.6 is 22.7 Å². The van der Waals surface area contributed by atoms with E-state index in [1.54, 1.807) is 11.3 Å². The van der Waals surface area contributed by atoms with Crippen LogP contribution in [0, 0.1) is 0 Å². The fourth-order valence-corrected chi connectivity index (χ4v) is 4.17. The Balaban J connectivity index is 1.69. The van der Waals surface area contributed by atoms with E-state index in [2.05, 4.69) is 4.98 Å².